The number of halogens is 2. The van der Waals surface area contributed by atoms with E-state index in [2.05, 4.69) is 4.74 Å². The van der Waals surface area contributed by atoms with Crippen LogP contribution in [0.4, 0.5) is 4.39 Å². The molecule has 1 atom stereocenters. The number of benzene rings is 1. The van der Waals surface area contributed by atoms with Crippen molar-refractivity contribution in [1.82, 2.24) is 0 Å². The maximum atomic E-state index is 13.6. The van der Waals surface area contributed by atoms with Crippen molar-refractivity contribution >= 4 is 17.6 Å². The Balaban J connectivity index is 3.40. The van der Waals surface area contributed by atoms with Crippen molar-refractivity contribution in [2.24, 2.45) is 0 Å². The Morgan fingerprint density at radius 2 is 2.12 bits per heavy atom. The number of phenolic OH excluding ortho intramolecular Hbond substituents is 1. The van der Waals surface area contributed by atoms with Gasteiger partial charge in [-0.1, -0.05) is 11.6 Å². The number of phenols is 1. The molecule has 0 amide bonds. The minimum atomic E-state index is -1.98. The number of esters is 1. The number of aliphatic hydroxyl groups excluding tert-OH is 1. The third-order valence-corrected chi connectivity index (χ3v) is 2.39. The molecule has 0 saturated heterocycles. The molecule has 0 spiro atoms. The molecule has 0 heterocycles. The minimum absolute atomic E-state index is 0.158. The van der Waals surface area contributed by atoms with Gasteiger partial charge in [0.05, 0.1) is 24.8 Å². The molecule has 0 bridgehead atoms. The summed E-state index contributed by atoms with van der Waals surface area (Å²) in [5.41, 5.74) is -0.679. The molecule has 0 aliphatic rings. The van der Waals surface area contributed by atoms with Gasteiger partial charge in [-0.25, -0.2) is 9.18 Å². The van der Waals surface area contributed by atoms with Gasteiger partial charge < -0.3 is 19.7 Å². The Morgan fingerprint density at radius 1 is 1.53 bits per heavy atom. The number of carbonyl (C=O) groups is 1. The normalized spacial score (nSPS) is 12.1. The van der Waals surface area contributed by atoms with Gasteiger partial charge in [0.1, 0.15) is 0 Å². The number of rotatable bonds is 3. The predicted molar refractivity (Wildman–Crippen MR) is 56.6 cm³/mol. The summed E-state index contributed by atoms with van der Waals surface area (Å²) in [6, 6.07) is 1.03. The number of aromatic hydroxyl groups is 1. The number of hydrogen-bond acceptors (Lipinski definition) is 5. The Bertz CT molecular complexity index is 449. The monoisotopic (exact) mass is 264 g/mol. The first-order valence-electron chi connectivity index (χ1n) is 4.44. The van der Waals surface area contributed by atoms with E-state index in [0.29, 0.717) is 0 Å². The van der Waals surface area contributed by atoms with E-state index < -0.39 is 34.2 Å². The first kappa shape index (κ1) is 13.5. The third kappa shape index (κ3) is 2.42. The van der Waals surface area contributed by atoms with Crippen LogP contribution in [0.5, 0.6) is 11.5 Å². The van der Waals surface area contributed by atoms with Crippen molar-refractivity contribution in [2.75, 3.05) is 14.2 Å². The van der Waals surface area contributed by atoms with Gasteiger partial charge in [0.2, 0.25) is 0 Å². The van der Waals surface area contributed by atoms with E-state index in [9.17, 15) is 19.4 Å². The van der Waals surface area contributed by atoms with Crippen LogP contribution in [0.25, 0.3) is 0 Å². The number of aliphatic hydroxyl groups is 1. The second-order valence-corrected chi connectivity index (χ2v) is 3.47. The summed E-state index contributed by atoms with van der Waals surface area (Å²) in [4.78, 5) is 11.1. The standard InChI is InChI=1S/C10H10ClFO5/c1-16-5-3-4(11)7(12)6(8(5)13)9(14)10(15)17-2/h3,9,13-14H,1-2H3. The Labute approximate surface area is 101 Å². The van der Waals surface area contributed by atoms with Crippen LogP contribution in [0.2, 0.25) is 5.02 Å². The molecular formula is C10H10ClFO5. The topological polar surface area (TPSA) is 76.0 Å². The smallest absolute Gasteiger partial charge is 0.339 e. The zero-order chi connectivity index (χ0) is 13.2. The van der Waals surface area contributed by atoms with Crippen LogP contribution in [-0.2, 0) is 9.53 Å². The van der Waals surface area contributed by atoms with Crippen molar-refractivity contribution in [3.63, 3.8) is 0 Å². The van der Waals surface area contributed by atoms with Gasteiger partial charge in [-0.15, -0.1) is 0 Å². The molecule has 17 heavy (non-hydrogen) atoms. The number of hydrogen-bond donors (Lipinski definition) is 2. The summed E-state index contributed by atoms with van der Waals surface area (Å²) < 4.78 is 22.6. The van der Waals surface area contributed by atoms with Crippen LogP contribution in [0.1, 0.15) is 11.7 Å². The quantitative estimate of drug-likeness (QED) is 0.807. The second kappa shape index (κ2) is 5.20. The maximum absolute atomic E-state index is 13.6. The summed E-state index contributed by atoms with van der Waals surface area (Å²) in [6.07, 6.45) is -1.98. The van der Waals surface area contributed by atoms with Crippen molar-refractivity contribution in [2.45, 2.75) is 6.10 Å². The highest BCUT2D eigenvalue weighted by molar-refractivity contribution is 6.31. The molecule has 0 radical (unpaired) electrons. The average molecular weight is 265 g/mol. The number of ether oxygens (including phenoxy) is 2. The molecule has 1 aromatic rings. The average Bonchev–Trinajstić information content (AvgIpc) is 2.32. The van der Waals surface area contributed by atoms with E-state index in [1.807, 2.05) is 0 Å². The lowest BCUT2D eigenvalue weighted by Gasteiger charge is -2.14. The predicted octanol–water partition coefficient (Wildman–Crippen LogP) is 1.40. The molecule has 0 aliphatic heterocycles. The summed E-state index contributed by atoms with van der Waals surface area (Å²) in [6.45, 7) is 0. The van der Waals surface area contributed by atoms with Crippen molar-refractivity contribution in [3.05, 3.63) is 22.5 Å². The third-order valence-electron chi connectivity index (χ3n) is 2.11. The zero-order valence-electron chi connectivity index (χ0n) is 9.03. The Kier molecular flexibility index (Phi) is 4.14. The zero-order valence-corrected chi connectivity index (χ0v) is 9.79. The molecule has 94 valence electrons. The van der Waals surface area contributed by atoms with Crippen molar-refractivity contribution < 1.29 is 28.9 Å². The molecule has 5 nitrogen and oxygen atoms in total. The summed E-state index contributed by atoms with van der Waals surface area (Å²) >= 11 is 5.53. The molecule has 0 aliphatic carbocycles. The van der Waals surface area contributed by atoms with E-state index in [0.717, 1.165) is 13.2 Å². The van der Waals surface area contributed by atoms with Gasteiger partial charge in [-0.3, -0.25) is 0 Å². The van der Waals surface area contributed by atoms with E-state index in [-0.39, 0.29) is 5.75 Å². The molecule has 2 N–H and O–H groups in total. The summed E-state index contributed by atoms with van der Waals surface area (Å²) in [5, 5.41) is 18.7. The van der Waals surface area contributed by atoms with Gasteiger partial charge in [0.15, 0.2) is 23.4 Å². The minimum Gasteiger partial charge on any atom is -0.504 e. The van der Waals surface area contributed by atoms with Crippen LogP contribution in [-0.4, -0.2) is 30.4 Å². The fourth-order valence-corrected chi connectivity index (χ4v) is 1.45. The highest BCUT2D eigenvalue weighted by Gasteiger charge is 2.29. The first-order chi connectivity index (χ1) is 7.93. The second-order valence-electron chi connectivity index (χ2n) is 3.06. The molecule has 0 aromatic heterocycles. The highest BCUT2D eigenvalue weighted by atomic mass is 35.5. The molecule has 1 rings (SSSR count). The van der Waals surface area contributed by atoms with Crippen LogP contribution in [0.3, 0.4) is 0 Å². The largest absolute Gasteiger partial charge is 0.504 e. The Hall–Kier alpha value is -1.53. The fourth-order valence-electron chi connectivity index (χ4n) is 1.25. The number of methoxy groups -OCH3 is 2. The molecular weight excluding hydrogens is 255 g/mol. The van der Waals surface area contributed by atoms with Gasteiger partial charge >= 0.3 is 5.97 Å². The number of carbonyl (C=O) groups excluding carboxylic acids is 1. The van der Waals surface area contributed by atoms with Crippen LogP contribution >= 0.6 is 11.6 Å². The molecule has 1 aromatic carbocycles. The molecule has 0 fully saturated rings. The van der Waals surface area contributed by atoms with Crippen molar-refractivity contribution in [3.8, 4) is 11.5 Å². The van der Waals surface area contributed by atoms with E-state index in [1.165, 1.54) is 7.11 Å². The lowest BCUT2D eigenvalue weighted by Crippen LogP contribution is -2.15. The Morgan fingerprint density at radius 3 is 2.59 bits per heavy atom. The lowest BCUT2D eigenvalue weighted by atomic mass is 10.1. The highest BCUT2D eigenvalue weighted by Crippen LogP contribution is 2.39. The van der Waals surface area contributed by atoms with Crippen molar-refractivity contribution in [1.29, 1.82) is 0 Å². The summed E-state index contributed by atoms with van der Waals surface area (Å²) in [5.74, 6) is -3.09. The molecule has 1 unspecified atom stereocenters. The molecule has 7 heteroatoms. The van der Waals surface area contributed by atoms with E-state index in [1.54, 1.807) is 0 Å². The van der Waals surface area contributed by atoms with Gasteiger partial charge in [0, 0.05) is 6.07 Å². The van der Waals surface area contributed by atoms with Gasteiger partial charge in [-0.05, 0) is 0 Å². The SMILES string of the molecule is COC(=O)C(O)c1c(O)c(OC)cc(Cl)c1F. The van der Waals surface area contributed by atoms with Crippen LogP contribution in [0.15, 0.2) is 6.07 Å². The fraction of sp³-hybridized carbons (Fsp3) is 0.300. The lowest BCUT2D eigenvalue weighted by molar-refractivity contribution is -0.151. The van der Waals surface area contributed by atoms with Crippen LogP contribution in [0, 0.1) is 5.82 Å². The molecule has 0 saturated carbocycles. The maximum Gasteiger partial charge on any atom is 0.339 e. The van der Waals surface area contributed by atoms with E-state index >= 15 is 0 Å². The van der Waals surface area contributed by atoms with Gasteiger partial charge in [0.25, 0.3) is 0 Å². The summed E-state index contributed by atoms with van der Waals surface area (Å²) in [7, 11) is 2.24. The van der Waals surface area contributed by atoms with Gasteiger partial charge in [-0.2, -0.15) is 0 Å². The first-order valence-corrected chi connectivity index (χ1v) is 4.82. The van der Waals surface area contributed by atoms with E-state index in [4.69, 9.17) is 16.3 Å². The van der Waals surface area contributed by atoms with Crippen LogP contribution < -0.4 is 4.74 Å².